The highest BCUT2D eigenvalue weighted by Crippen LogP contribution is 2.26. The Morgan fingerprint density at radius 2 is 1.83 bits per heavy atom. The number of nitrogens with one attached hydrogen (secondary N) is 1. The summed E-state index contributed by atoms with van der Waals surface area (Å²) in [4.78, 5) is 17.8. The Morgan fingerprint density at radius 1 is 1.12 bits per heavy atom. The van der Waals surface area contributed by atoms with E-state index in [0.29, 0.717) is 10.7 Å². The number of carbonyl (C=O) groups is 1. The second kappa shape index (κ2) is 7.27. The summed E-state index contributed by atoms with van der Waals surface area (Å²) < 4.78 is 5.18. The standard InChI is InChI=1S/C19H18N2O2S/c1-13-17(12-14-8-10-16(23-2)11-9-14)24-19(20-13)21-18(22)15-6-4-3-5-7-15/h3-11H,12H2,1-2H3,(H,20,21,22). The summed E-state index contributed by atoms with van der Waals surface area (Å²) in [6, 6.07) is 17.1. The maximum absolute atomic E-state index is 12.2. The third-order valence-electron chi connectivity index (χ3n) is 3.67. The number of aromatic nitrogens is 1. The molecule has 0 aliphatic carbocycles. The summed E-state index contributed by atoms with van der Waals surface area (Å²) in [5, 5.41) is 3.50. The van der Waals surface area contributed by atoms with Gasteiger partial charge in [0.15, 0.2) is 5.13 Å². The lowest BCUT2D eigenvalue weighted by molar-refractivity contribution is 0.102. The normalized spacial score (nSPS) is 10.4. The summed E-state index contributed by atoms with van der Waals surface area (Å²) in [6.07, 6.45) is 0.786. The quantitative estimate of drug-likeness (QED) is 0.754. The van der Waals surface area contributed by atoms with E-state index in [4.69, 9.17) is 4.74 Å². The fraction of sp³-hybridized carbons (Fsp3) is 0.158. The van der Waals surface area contributed by atoms with Gasteiger partial charge in [-0.05, 0) is 36.8 Å². The molecule has 122 valence electrons. The second-order valence-corrected chi connectivity index (χ2v) is 6.46. The smallest absolute Gasteiger partial charge is 0.257 e. The van der Waals surface area contributed by atoms with Crippen LogP contribution in [0.1, 0.15) is 26.5 Å². The largest absolute Gasteiger partial charge is 0.497 e. The van der Waals surface area contributed by atoms with Crippen molar-refractivity contribution in [1.29, 1.82) is 0 Å². The van der Waals surface area contributed by atoms with Gasteiger partial charge in [0, 0.05) is 16.9 Å². The first-order chi connectivity index (χ1) is 11.7. The lowest BCUT2D eigenvalue weighted by Crippen LogP contribution is -2.11. The van der Waals surface area contributed by atoms with Gasteiger partial charge in [-0.1, -0.05) is 30.3 Å². The zero-order valence-electron chi connectivity index (χ0n) is 13.6. The number of rotatable bonds is 5. The van der Waals surface area contributed by atoms with Crippen LogP contribution in [0.2, 0.25) is 0 Å². The van der Waals surface area contributed by atoms with E-state index in [0.717, 1.165) is 22.7 Å². The molecule has 0 unspecified atom stereocenters. The van der Waals surface area contributed by atoms with Crippen LogP contribution in [-0.2, 0) is 6.42 Å². The zero-order valence-corrected chi connectivity index (χ0v) is 14.4. The zero-order chi connectivity index (χ0) is 16.9. The van der Waals surface area contributed by atoms with Crippen molar-refractivity contribution in [2.45, 2.75) is 13.3 Å². The average Bonchev–Trinajstić information content (AvgIpc) is 2.95. The van der Waals surface area contributed by atoms with E-state index in [-0.39, 0.29) is 5.91 Å². The minimum Gasteiger partial charge on any atom is -0.497 e. The van der Waals surface area contributed by atoms with Crippen LogP contribution in [0.3, 0.4) is 0 Å². The summed E-state index contributed by atoms with van der Waals surface area (Å²) >= 11 is 1.51. The molecule has 0 aliphatic heterocycles. The average molecular weight is 338 g/mol. The minimum absolute atomic E-state index is 0.139. The molecule has 2 aromatic carbocycles. The van der Waals surface area contributed by atoms with Crippen molar-refractivity contribution in [2.75, 3.05) is 12.4 Å². The maximum atomic E-state index is 12.2. The lowest BCUT2D eigenvalue weighted by atomic mass is 10.1. The van der Waals surface area contributed by atoms with Crippen molar-refractivity contribution < 1.29 is 9.53 Å². The van der Waals surface area contributed by atoms with Gasteiger partial charge < -0.3 is 4.74 Å². The first kappa shape index (κ1) is 16.2. The maximum Gasteiger partial charge on any atom is 0.257 e. The van der Waals surface area contributed by atoms with Crippen LogP contribution in [0, 0.1) is 6.92 Å². The number of ether oxygens (including phenoxy) is 1. The molecule has 0 saturated heterocycles. The van der Waals surface area contributed by atoms with Crippen LogP contribution in [0.25, 0.3) is 0 Å². The Hall–Kier alpha value is -2.66. The van der Waals surface area contributed by atoms with Gasteiger partial charge in [-0.3, -0.25) is 10.1 Å². The van der Waals surface area contributed by atoms with Gasteiger partial charge in [0.05, 0.1) is 12.8 Å². The van der Waals surface area contributed by atoms with Crippen LogP contribution < -0.4 is 10.1 Å². The van der Waals surface area contributed by atoms with Crippen molar-refractivity contribution in [3.63, 3.8) is 0 Å². The Kier molecular flexibility index (Phi) is 4.91. The number of hydrogen-bond acceptors (Lipinski definition) is 4. The van der Waals surface area contributed by atoms with Gasteiger partial charge in [0.1, 0.15) is 5.75 Å². The SMILES string of the molecule is COc1ccc(Cc2sc(NC(=O)c3ccccc3)nc2C)cc1. The molecule has 3 rings (SSSR count). The molecule has 3 aromatic rings. The van der Waals surface area contributed by atoms with Crippen LogP contribution in [0.4, 0.5) is 5.13 Å². The van der Waals surface area contributed by atoms with Gasteiger partial charge in [-0.25, -0.2) is 4.98 Å². The molecule has 0 bridgehead atoms. The predicted molar refractivity (Wildman–Crippen MR) is 97.0 cm³/mol. The molecule has 0 spiro atoms. The first-order valence-corrected chi connectivity index (χ1v) is 8.43. The van der Waals surface area contributed by atoms with Gasteiger partial charge in [0.2, 0.25) is 0 Å². The molecule has 0 fully saturated rings. The topological polar surface area (TPSA) is 51.2 Å². The van der Waals surface area contributed by atoms with Crippen molar-refractivity contribution >= 4 is 22.4 Å². The van der Waals surface area contributed by atoms with Crippen molar-refractivity contribution in [2.24, 2.45) is 0 Å². The van der Waals surface area contributed by atoms with Crippen LogP contribution in [0.5, 0.6) is 5.75 Å². The van der Waals surface area contributed by atoms with E-state index in [2.05, 4.69) is 10.3 Å². The molecule has 1 N–H and O–H groups in total. The molecule has 5 heteroatoms. The number of anilines is 1. The molecule has 1 heterocycles. The van der Waals surface area contributed by atoms with E-state index in [1.807, 2.05) is 49.4 Å². The second-order valence-electron chi connectivity index (χ2n) is 5.37. The number of thiazole rings is 1. The van der Waals surface area contributed by atoms with Crippen LogP contribution in [-0.4, -0.2) is 18.0 Å². The first-order valence-electron chi connectivity index (χ1n) is 7.61. The van der Waals surface area contributed by atoms with E-state index in [9.17, 15) is 4.79 Å². The molecule has 0 saturated carbocycles. The predicted octanol–water partition coefficient (Wildman–Crippen LogP) is 4.30. The molecule has 0 atom stereocenters. The number of methoxy groups -OCH3 is 1. The number of aryl methyl sites for hydroxylation is 1. The minimum atomic E-state index is -0.139. The van der Waals surface area contributed by atoms with E-state index < -0.39 is 0 Å². The summed E-state index contributed by atoms with van der Waals surface area (Å²) in [6.45, 7) is 1.97. The lowest BCUT2D eigenvalue weighted by Gasteiger charge is -2.02. The van der Waals surface area contributed by atoms with Gasteiger partial charge in [0.25, 0.3) is 5.91 Å². The molecule has 1 amide bonds. The molecular formula is C19H18N2O2S. The monoisotopic (exact) mass is 338 g/mol. The number of benzene rings is 2. The molecule has 0 aliphatic rings. The number of amides is 1. The Labute approximate surface area is 145 Å². The van der Waals surface area contributed by atoms with Crippen molar-refractivity contribution in [3.8, 4) is 5.75 Å². The number of nitrogens with zero attached hydrogens (tertiary/aromatic N) is 1. The summed E-state index contributed by atoms with van der Waals surface area (Å²) in [5.74, 6) is 0.705. The van der Waals surface area contributed by atoms with Crippen molar-refractivity contribution in [3.05, 3.63) is 76.3 Å². The Bertz CT molecular complexity index is 826. The molecular weight excluding hydrogens is 320 g/mol. The molecule has 4 nitrogen and oxygen atoms in total. The van der Waals surface area contributed by atoms with Gasteiger partial charge in [-0.2, -0.15) is 0 Å². The van der Waals surface area contributed by atoms with Crippen LogP contribution >= 0.6 is 11.3 Å². The molecule has 0 radical (unpaired) electrons. The Balaban J connectivity index is 1.71. The van der Waals surface area contributed by atoms with Gasteiger partial charge >= 0.3 is 0 Å². The van der Waals surface area contributed by atoms with E-state index >= 15 is 0 Å². The number of hydrogen-bond donors (Lipinski definition) is 1. The summed E-state index contributed by atoms with van der Waals surface area (Å²) in [7, 11) is 1.66. The van der Waals surface area contributed by atoms with E-state index in [1.54, 1.807) is 19.2 Å². The van der Waals surface area contributed by atoms with Crippen LogP contribution in [0.15, 0.2) is 54.6 Å². The summed E-state index contributed by atoms with van der Waals surface area (Å²) in [5.41, 5.74) is 2.75. The fourth-order valence-corrected chi connectivity index (χ4v) is 3.32. The third-order valence-corrected chi connectivity index (χ3v) is 4.75. The highest BCUT2D eigenvalue weighted by molar-refractivity contribution is 7.15. The Morgan fingerprint density at radius 3 is 2.50 bits per heavy atom. The molecule has 24 heavy (non-hydrogen) atoms. The van der Waals surface area contributed by atoms with Crippen molar-refractivity contribution in [1.82, 2.24) is 4.98 Å². The number of carbonyl (C=O) groups excluding carboxylic acids is 1. The fourth-order valence-electron chi connectivity index (χ4n) is 2.33. The highest BCUT2D eigenvalue weighted by Gasteiger charge is 2.12. The third kappa shape index (κ3) is 3.81. The van der Waals surface area contributed by atoms with Gasteiger partial charge in [-0.15, -0.1) is 11.3 Å². The molecule has 1 aromatic heterocycles. The van der Waals surface area contributed by atoms with E-state index in [1.165, 1.54) is 16.9 Å². The highest BCUT2D eigenvalue weighted by atomic mass is 32.1.